The van der Waals surface area contributed by atoms with Crippen molar-refractivity contribution in [2.45, 2.75) is 13.0 Å². The van der Waals surface area contributed by atoms with E-state index in [0.717, 1.165) is 56.8 Å². The lowest BCUT2D eigenvalue weighted by atomic mass is 9.97. The SMILES string of the molecule is O=C(O)c1ccc(Cc2c(C3=CCNC3)n(-c3ccc(F)cc3)c3cccc(OCc4ccccc4)c23)cc1. The Morgan fingerprint density at radius 3 is 2.36 bits per heavy atom. The smallest absolute Gasteiger partial charge is 0.335 e. The number of fused-ring (bicyclic) bond motifs is 1. The largest absolute Gasteiger partial charge is 0.488 e. The van der Waals surface area contributed by atoms with E-state index in [1.165, 1.54) is 12.1 Å². The van der Waals surface area contributed by atoms with Gasteiger partial charge in [-0.2, -0.15) is 0 Å². The molecular weight excluding hydrogens is 491 g/mol. The number of rotatable bonds is 8. The van der Waals surface area contributed by atoms with Crippen molar-refractivity contribution in [2.75, 3.05) is 13.1 Å². The van der Waals surface area contributed by atoms with Crippen LogP contribution in [0.1, 0.15) is 32.7 Å². The zero-order valence-electron chi connectivity index (χ0n) is 21.2. The number of hydrogen-bond acceptors (Lipinski definition) is 3. The lowest BCUT2D eigenvalue weighted by molar-refractivity contribution is 0.0697. The topological polar surface area (TPSA) is 63.5 Å². The van der Waals surface area contributed by atoms with Crippen molar-refractivity contribution in [3.63, 3.8) is 0 Å². The number of ether oxygens (including phenoxy) is 1. The molecule has 0 atom stereocenters. The Labute approximate surface area is 225 Å². The predicted molar refractivity (Wildman–Crippen MR) is 151 cm³/mol. The van der Waals surface area contributed by atoms with Crippen LogP contribution in [0.15, 0.2) is 103 Å². The third kappa shape index (κ3) is 4.94. The lowest BCUT2D eigenvalue weighted by Crippen LogP contribution is -2.10. The van der Waals surface area contributed by atoms with E-state index in [9.17, 15) is 14.3 Å². The van der Waals surface area contributed by atoms with Crippen molar-refractivity contribution in [3.05, 3.63) is 137 Å². The summed E-state index contributed by atoms with van der Waals surface area (Å²) < 4.78 is 22.6. The van der Waals surface area contributed by atoms with E-state index in [4.69, 9.17) is 4.74 Å². The number of nitrogens with zero attached hydrogens (tertiary/aromatic N) is 1. The van der Waals surface area contributed by atoms with Crippen molar-refractivity contribution in [1.82, 2.24) is 9.88 Å². The molecule has 1 aliphatic heterocycles. The highest BCUT2D eigenvalue weighted by Gasteiger charge is 2.25. The summed E-state index contributed by atoms with van der Waals surface area (Å²) in [6, 6.07) is 29.6. The minimum Gasteiger partial charge on any atom is -0.488 e. The van der Waals surface area contributed by atoms with Crippen LogP contribution < -0.4 is 10.1 Å². The fraction of sp³-hybridized carbons (Fsp3) is 0.121. The van der Waals surface area contributed by atoms with Crippen LogP contribution in [-0.4, -0.2) is 28.7 Å². The lowest BCUT2D eigenvalue weighted by Gasteiger charge is -2.14. The van der Waals surface area contributed by atoms with Crippen LogP contribution in [-0.2, 0) is 13.0 Å². The van der Waals surface area contributed by atoms with E-state index in [2.05, 4.69) is 22.0 Å². The number of benzene rings is 4. The van der Waals surface area contributed by atoms with Crippen molar-refractivity contribution in [2.24, 2.45) is 0 Å². The van der Waals surface area contributed by atoms with Crippen LogP contribution in [0.5, 0.6) is 5.75 Å². The first-order chi connectivity index (χ1) is 19.1. The quantitative estimate of drug-likeness (QED) is 0.242. The van der Waals surface area contributed by atoms with E-state index >= 15 is 0 Å². The van der Waals surface area contributed by atoms with E-state index in [0.29, 0.717) is 19.6 Å². The second-order valence-corrected chi connectivity index (χ2v) is 9.60. The molecule has 2 N–H and O–H groups in total. The number of nitrogens with one attached hydrogen (secondary N) is 1. The zero-order valence-corrected chi connectivity index (χ0v) is 21.2. The fourth-order valence-corrected chi connectivity index (χ4v) is 5.23. The van der Waals surface area contributed by atoms with Gasteiger partial charge in [-0.25, -0.2) is 9.18 Å². The zero-order chi connectivity index (χ0) is 26.8. The first-order valence-electron chi connectivity index (χ1n) is 12.9. The van der Waals surface area contributed by atoms with Crippen LogP contribution in [0.4, 0.5) is 4.39 Å². The highest BCUT2D eigenvalue weighted by Crippen LogP contribution is 2.40. The van der Waals surface area contributed by atoms with Crippen LogP contribution in [0.25, 0.3) is 22.2 Å². The number of carboxylic acid groups (broad SMARTS) is 1. The minimum atomic E-state index is -0.950. The van der Waals surface area contributed by atoms with Gasteiger partial charge in [0.05, 0.1) is 16.8 Å². The number of halogens is 1. The van der Waals surface area contributed by atoms with Gasteiger partial charge in [0.1, 0.15) is 18.2 Å². The summed E-state index contributed by atoms with van der Waals surface area (Å²) in [6.45, 7) is 1.90. The molecule has 0 bridgehead atoms. The first kappa shape index (κ1) is 24.6. The second-order valence-electron chi connectivity index (χ2n) is 9.60. The minimum absolute atomic E-state index is 0.252. The molecule has 5 nitrogen and oxygen atoms in total. The molecule has 0 fully saturated rings. The monoisotopic (exact) mass is 518 g/mol. The van der Waals surface area contributed by atoms with Gasteiger partial charge < -0.3 is 19.7 Å². The summed E-state index contributed by atoms with van der Waals surface area (Å²) in [7, 11) is 0. The molecule has 0 saturated carbocycles. The maximum absolute atomic E-state index is 13.9. The van der Waals surface area contributed by atoms with Gasteiger partial charge in [0, 0.05) is 30.6 Å². The van der Waals surface area contributed by atoms with Crippen LogP contribution in [0, 0.1) is 5.82 Å². The fourth-order valence-electron chi connectivity index (χ4n) is 5.23. The molecule has 0 unspecified atom stereocenters. The Morgan fingerprint density at radius 2 is 1.67 bits per heavy atom. The summed E-state index contributed by atoms with van der Waals surface area (Å²) in [5, 5.41) is 13.8. The molecule has 5 aromatic rings. The molecule has 194 valence electrons. The molecule has 0 aliphatic carbocycles. The van der Waals surface area contributed by atoms with E-state index < -0.39 is 5.97 Å². The average Bonchev–Trinajstić information content (AvgIpc) is 3.60. The maximum Gasteiger partial charge on any atom is 0.335 e. The molecule has 6 rings (SSSR count). The molecule has 0 saturated heterocycles. The third-order valence-electron chi connectivity index (χ3n) is 7.07. The normalized spacial score (nSPS) is 13.0. The Kier molecular flexibility index (Phi) is 6.69. The van der Waals surface area contributed by atoms with Crippen molar-refractivity contribution in [1.29, 1.82) is 0 Å². The molecule has 1 aromatic heterocycles. The third-order valence-corrected chi connectivity index (χ3v) is 7.07. The van der Waals surface area contributed by atoms with Gasteiger partial charge >= 0.3 is 5.97 Å². The van der Waals surface area contributed by atoms with Crippen LogP contribution >= 0.6 is 0 Å². The molecular formula is C33H27FN2O3. The highest BCUT2D eigenvalue weighted by atomic mass is 19.1. The Hall–Kier alpha value is -4.68. The Balaban J connectivity index is 1.56. The standard InChI is InChI=1S/C33H27FN2O3/c34-26-13-15-27(16-14-26)36-29-7-4-8-30(39-21-23-5-2-1-3-6-23)31(29)28(32(36)25-17-18-35-20-25)19-22-9-11-24(12-10-22)33(37)38/h1-17,35H,18-21H2,(H,37,38). The molecule has 6 heteroatoms. The Bertz CT molecular complexity index is 1670. The summed E-state index contributed by atoms with van der Waals surface area (Å²) in [6.07, 6.45) is 2.76. The summed E-state index contributed by atoms with van der Waals surface area (Å²) in [5.41, 5.74) is 7.41. The number of carbonyl (C=O) groups is 1. The Morgan fingerprint density at radius 1 is 0.897 bits per heavy atom. The molecule has 0 radical (unpaired) electrons. The maximum atomic E-state index is 13.9. The number of aromatic carboxylic acids is 1. The van der Waals surface area contributed by atoms with Crippen molar-refractivity contribution in [3.8, 4) is 11.4 Å². The number of hydrogen-bond donors (Lipinski definition) is 2. The van der Waals surface area contributed by atoms with Gasteiger partial charge in [0.2, 0.25) is 0 Å². The van der Waals surface area contributed by atoms with Gasteiger partial charge in [-0.05, 0) is 70.8 Å². The van der Waals surface area contributed by atoms with E-state index in [1.54, 1.807) is 24.3 Å². The van der Waals surface area contributed by atoms with E-state index in [-0.39, 0.29) is 11.4 Å². The molecule has 2 heterocycles. The number of aromatic nitrogens is 1. The van der Waals surface area contributed by atoms with Crippen LogP contribution in [0.3, 0.4) is 0 Å². The summed E-state index contributed by atoms with van der Waals surface area (Å²) in [4.78, 5) is 11.4. The predicted octanol–water partition coefficient (Wildman–Crippen LogP) is 6.62. The first-order valence-corrected chi connectivity index (χ1v) is 12.9. The molecule has 0 spiro atoms. The van der Waals surface area contributed by atoms with Gasteiger partial charge in [0.15, 0.2) is 0 Å². The van der Waals surface area contributed by atoms with Crippen molar-refractivity contribution < 1.29 is 19.0 Å². The van der Waals surface area contributed by atoms with Gasteiger partial charge in [-0.1, -0.05) is 54.6 Å². The average molecular weight is 519 g/mol. The summed E-state index contributed by atoms with van der Waals surface area (Å²) in [5.74, 6) is -0.472. The molecule has 39 heavy (non-hydrogen) atoms. The second kappa shape index (κ2) is 10.6. The van der Waals surface area contributed by atoms with E-state index in [1.807, 2.05) is 54.6 Å². The number of carboxylic acids is 1. The van der Waals surface area contributed by atoms with Crippen molar-refractivity contribution >= 4 is 22.4 Å². The molecule has 0 amide bonds. The van der Waals surface area contributed by atoms with Gasteiger partial charge in [-0.15, -0.1) is 0 Å². The summed E-state index contributed by atoms with van der Waals surface area (Å²) >= 11 is 0. The molecule has 4 aromatic carbocycles. The van der Waals surface area contributed by atoms with Gasteiger partial charge in [0.25, 0.3) is 0 Å². The van der Waals surface area contributed by atoms with Crippen LogP contribution in [0.2, 0.25) is 0 Å². The van der Waals surface area contributed by atoms with Gasteiger partial charge in [-0.3, -0.25) is 0 Å². The highest BCUT2D eigenvalue weighted by molar-refractivity contribution is 5.97. The molecule has 1 aliphatic rings.